The monoisotopic (exact) mass is 291 g/mol. The van der Waals surface area contributed by atoms with Gasteiger partial charge >= 0.3 is 0 Å². The third-order valence-electron chi connectivity index (χ3n) is 3.92. The zero-order valence-electron chi connectivity index (χ0n) is 12.1. The number of anilines is 1. The van der Waals surface area contributed by atoms with Crippen LogP contribution in [0.1, 0.15) is 39.5 Å². The van der Waals surface area contributed by atoms with Crippen molar-refractivity contribution in [1.29, 1.82) is 0 Å². The molecule has 3 rings (SSSR count). The highest BCUT2D eigenvalue weighted by Crippen LogP contribution is 2.32. The van der Waals surface area contributed by atoms with E-state index in [0.717, 1.165) is 29.1 Å². The van der Waals surface area contributed by atoms with Crippen LogP contribution in [0.3, 0.4) is 0 Å². The highest BCUT2D eigenvalue weighted by atomic mass is 32.1. The predicted octanol–water partition coefficient (Wildman–Crippen LogP) is 4.08. The zero-order valence-corrected chi connectivity index (χ0v) is 12.9. The van der Waals surface area contributed by atoms with E-state index in [-0.39, 0.29) is 6.10 Å². The minimum Gasteiger partial charge on any atom is -0.473 e. The number of fused-ring (bicyclic) bond motifs is 1. The second kappa shape index (κ2) is 5.95. The van der Waals surface area contributed by atoms with Crippen LogP contribution >= 0.6 is 11.3 Å². The standard InChI is InChI=1S/C15H21N3OS/c1-3-16-15-17-13(11-8-9-20-14(11)18-15)19-12-7-5-4-6-10(12)2/h8-10,12H,3-7H2,1-2H3,(H,16,17,18). The quantitative estimate of drug-likeness (QED) is 0.922. The maximum absolute atomic E-state index is 6.24. The van der Waals surface area contributed by atoms with Crippen molar-refractivity contribution in [1.82, 2.24) is 9.97 Å². The van der Waals surface area contributed by atoms with Gasteiger partial charge in [-0.2, -0.15) is 4.98 Å². The molecular weight excluding hydrogens is 270 g/mol. The van der Waals surface area contributed by atoms with Crippen LogP contribution in [0.2, 0.25) is 0 Å². The average Bonchev–Trinajstić information content (AvgIpc) is 2.90. The first-order valence-corrected chi connectivity index (χ1v) is 8.31. The van der Waals surface area contributed by atoms with E-state index < -0.39 is 0 Å². The van der Waals surface area contributed by atoms with Gasteiger partial charge < -0.3 is 10.1 Å². The predicted molar refractivity (Wildman–Crippen MR) is 83.6 cm³/mol. The Balaban J connectivity index is 1.90. The van der Waals surface area contributed by atoms with E-state index in [1.54, 1.807) is 11.3 Å². The van der Waals surface area contributed by atoms with Gasteiger partial charge in [-0.3, -0.25) is 0 Å². The van der Waals surface area contributed by atoms with Gasteiger partial charge in [0.25, 0.3) is 0 Å². The van der Waals surface area contributed by atoms with Gasteiger partial charge in [0, 0.05) is 6.54 Å². The molecule has 5 heteroatoms. The molecule has 2 aromatic heterocycles. The molecule has 0 aromatic carbocycles. The van der Waals surface area contributed by atoms with Crippen molar-refractivity contribution in [2.45, 2.75) is 45.6 Å². The lowest BCUT2D eigenvalue weighted by Gasteiger charge is -2.29. The van der Waals surface area contributed by atoms with Crippen molar-refractivity contribution < 1.29 is 4.74 Å². The van der Waals surface area contributed by atoms with Crippen LogP contribution in [0, 0.1) is 5.92 Å². The van der Waals surface area contributed by atoms with E-state index in [1.807, 2.05) is 12.3 Å². The molecule has 0 radical (unpaired) electrons. The number of hydrogen-bond acceptors (Lipinski definition) is 5. The smallest absolute Gasteiger partial charge is 0.227 e. The summed E-state index contributed by atoms with van der Waals surface area (Å²) in [5.74, 6) is 2.02. The van der Waals surface area contributed by atoms with Gasteiger partial charge in [-0.05, 0) is 43.6 Å². The molecule has 0 saturated heterocycles. The molecule has 2 aromatic rings. The second-order valence-electron chi connectivity index (χ2n) is 5.44. The van der Waals surface area contributed by atoms with Crippen LogP contribution in [0.5, 0.6) is 5.88 Å². The number of thiophene rings is 1. The maximum atomic E-state index is 6.24. The first-order valence-electron chi connectivity index (χ1n) is 7.43. The third kappa shape index (κ3) is 2.73. The van der Waals surface area contributed by atoms with Crippen LogP contribution in [-0.4, -0.2) is 22.6 Å². The second-order valence-corrected chi connectivity index (χ2v) is 6.33. The third-order valence-corrected chi connectivity index (χ3v) is 4.73. The van der Waals surface area contributed by atoms with Crippen LogP contribution in [0.4, 0.5) is 5.95 Å². The Bertz CT molecular complexity index is 584. The lowest BCUT2D eigenvalue weighted by Crippen LogP contribution is -2.28. The largest absolute Gasteiger partial charge is 0.473 e. The van der Waals surface area contributed by atoms with Gasteiger partial charge in [-0.15, -0.1) is 11.3 Å². The Hall–Kier alpha value is -1.36. The van der Waals surface area contributed by atoms with Gasteiger partial charge in [-0.25, -0.2) is 4.98 Å². The summed E-state index contributed by atoms with van der Waals surface area (Å²) in [7, 11) is 0. The van der Waals surface area contributed by atoms with E-state index in [0.29, 0.717) is 11.9 Å². The first-order chi connectivity index (χ1) is 9.78. The summed E-state index contributed by atoms with van der Waals surface area (Å²) in [6.45, 7) is 5.14. The van der Waals surface area contributed by atoms with Gasteiger partial charge in [0.15, 0.2) is 0 Å². The maximum Gasteiger partial charge on any atom is 0.227 e. The number of ether oxygens (including phenoxy) is 1. The molecule has 1 aliphatic rings. The first kappa shape index (κ1) is 13.6. The Morgan fingerprint density at radius 2 is 2.20 bits per heavy atom. The van der Waals surface area contributed by atoms with Crippen molar-refractivity contribution in [3.8, 4) is 5.88 Å². The number of aromatic nitrogens is 2. The number of nitrogens with zero attached hydrogens (tertiary/aromatic N) is 2. The topological polar surface area (TPSA) is 47.0 Å². The molecule has 0 amide bonds. The summed E-state index contributed by atoms with van der Waals surface area (Å²) in [6, 6.07) is 2.05. The summed E-state index contributed by atoms with van der Waals surface area (Å²) in [5, 5.41) is 6.27. The van der Waals surface area contributed by atoms with E-state index in [2.05, 4.69) is 28.3 Å². The molecule has 2 heterocycles. The Morgan fingerprint density at radius 1 is 1.35 bits per heavy atom. The van der Waals surface area contributed by atoms with Crippen molar-refractivity contribution in [3.05, 3.63) is 11.4 Å². The van der Waals surface area contributed by atoms with Gasteiger partial charge in [0.1, 0.15) is 10.9 Å². The number of hydrogen-bond donors (Lipinski definition) is 1. The van der Waals surface area contributed by atoms with Gasteiger partial charge in [0.2, 0.25) is 11.8 Å². The molecule has 2 atom stereocenters. The molecule has 2 unspecified atom stereocenters. The van der Waals surface area contributed by atoms with Crippen LogP contribution < -0.4 is 10.1 Å². The van der Waals surface area contributed by atoms with Gasteiger partial charge in [-0.1, -0.05) is 13.3 Å². The summed E-state index contributed by atoms with van der Waals surface area (Å²) in [5.41, 5.74) is 0. The molecule has 20 heavy (non-hydrogen) atoms. The lowest BCUT2D eigenvalue weighted by atomic mass is 9.88. The molecule has 0 spiro atoms. The average molecular weight is 291 g/mol. The zero-order chi connectivity index (χ0) is 13.9. The number of rotatable bonds is 4. The summed E-state index contributed by atoms with van der Waals surface area (Å²) >= 11 is 1.63. The minimum absolute atomic E-state index is 0.288. The van der Waals surface area contributed by atoms with Crippen molar-refractivity contribution >= 4 is 27.5 Å². The fraction of sp³-hybridized carbons (Fsp3) is 0.600. The molecule has 1 N–H and O–H groups in total. The fourth-order valence-electron chi connectivity index (χ4n) is 2.76. The van der Waals surface area contributed by atoms with Crippen LogP contribution in [0.25, 0.3) is 10.2 Å². The molecule has 1 fully saturated rings. The SMILES string of the molecule is CCNc1nc(OC2CCCCC2C)c2ccsc2n1. The highest BCUT2D eigenvalue weighted by molar-refractivity contribution is 7.16. The van der Waals surface area contributed by atoms with Gasteiger partial charge in [0.05, 0.1) is 5.39 Å². The Morgan fingerprint density at radius 3 is 3.00 bits per heavy atom. The van der Waals surface area contributed by atoms with Crippen molar-refractivity contribution in [3.63, 3.8) is 0 Å². The molecule has 4 nitrogen and oxygen atoms in total. The summed E-state index contributed by atoms with van der Waals surface area (Å²) < 4.78 is 6.24. The highest BCUT2D eigenvalue weighted by Gasteiger charge is 2.24. The molecule has 108 valence electrons. The van der Waals surface area contributed by atoms with Crippen LogP contribution in [0.15, 0.2) is 11.4 Å². The lowest BCUT2D eigenvalue weighted by molar-refractivity contribution is 0.0994. The molecule has 1 aliphatic carbocycles. The van der Waals surface area contributed by atoms with E-state index >= 15 is 0 Å². The molecule has 0 bridgehead atoms. The van der Waals surface area contributed by atoms with Crippen molar-refractivity contribution in [2.24, 2.45) is 5.92 Å². The minimum atomic E-state index is 0.288. The number of nitrogens with one attached hydrogen (secondary N) is 1. The van der Waals surface area contributed by atoms with Crippen molar-refractivity contribution in [2.75, 3.05) is 11.9 Å². The van der Waals surface area contributed by atoms with Crippen LogP contribution in [-0.2, 0) is 0 Å². The Labute approximate surface area is 123 Å². The fourth-order valence-corrected chi connectivity index (χ4v) is 3.51. The van der Waals surface area contributed by atoms with E-state index in [9.17, 15) is 0 Å². The Kier molecular flexibility index (Phi) is 4.05. The molecular formula is C15H21N3OS. The summed E-state index contributed by atoms with van der Waals surface area (Å²) in [4.78, 5) is 10.1. The van der Waals surface area contributed by atoms with E-state index in [4.69, 9.17) is 4.74 Å². The molecule has 0 aliphatic heterocycles. The molecule has 1 saturated carbocycles. The van der Waals surface area contributed by atoms with E-state index in [1.165, 1.54) is 19.3 Å². The normalized spacial score (nSPS) is 22.9. The summed E-state index contributed by atoms with van der Waals surface area (Å²) in [6.07, 6.45) is 5.25.